The van der Waals surface area contributed by atoms with E-state index in [-0.39, 0.29) is 0 Å². The number of hydrogen-bond acceptors (Lipinski definition) is 4. The average molecular weight is 219 g/mol. The molecule has 16 heavy (non-hydrogen) atoms. The topological polar surface area (TPSA) is 57.9 Å². The molecular weight excluding hydrogens is 202 g/mol. The zero-order chi connectivity index (χ0) is 11.6. The van der Waals surface area contributed by atoms with Gasteiger partial charge in [-0.05, 0) is 18.6 Å². The van der Waals surface area contributed by atoms with E-state index >= 15 is 0 Å². The van der Waals surface area contributed by atoms with E-state index in [9.17, 15) is 0 Å². The zero-order valence-electron chi connectivity index (χ0n) is 9.57. The maximum Gasteiger partial charge on any atom is 0.140 e. The van der Waals surface area contributed by atoms with Crippen LogP contribution < -0.4 is 5.32 Å². The lowest BCUT2D eigenvalue weighted by atomic mass is 10.3. The molecule has 1 aromatic heterocycles. The van der Waals surface area contributed by atoms with Crippen LogP contribution in [0.1, 0.15) is 25.5 Å². The van der Waals surface area contributed by atoms with Crippen LogP contribution in [0.2, 0.25) is 0 Å². The summed E-state index contributed by atoms with van der Waals surface area (Å²) in [5.41, 5.74) is 1.35. The van der Waals surface area contributed by atoms with Crippen LogP contribution in [-0.2, 0) is 4.74 Å². The van der Waals surface area contributed by atoms with Crippen molar-refractivity contribution in [2.24, 2.45) is 0 Å². The number of rotatable bonds is 7. The van der Waals surface area contributed by atoms with Gasteiger partial charge in [0.15, 0.2) is 0 Å². The third-order valence-corrected chi connectivity index (χ3v) is 2.10. The molecule has 0 spiro atoms. The number of anilines is 1. The van der Waals surface area contributed by atoms with Gasteiger partial charge in [-0.15, -0.1) is 0 Å². The molecule has 0 radical (unpaired) electrons. The van der Waals surface area contributed by atoms with E-state index in [0.717, 1.165) is 31.7 Å². The molecule has 0 aromatic carbocycles. The first-order valence-electron chi connectivity index (χ1n) is 5.54. The highest BCUT2D eigenvalue weighted by molar-refractivity contribution is 5.42. The van der Waals surface area contributed by atoms with E-state index in [2.05, 4.69) is 17.2 Å². The molecule has 1 aromatic rings. The molecule has 0 aliphatic heterocycles. The van der Waals surface area contributed by atoms with Crippen LogP contribution in [0.4, 0.5) is 5.69 Å². The van der Waals surface area contributed by atoms with Crippen LogP contribution in [0.3, 0.4) is 0 Å². The second-order valence-electron chi connectivity index (χ2n) is 3.44. The molecule has 0 aliphatic carbocycles. The van der Waals surface area contributed by atoms with Gasteiger partial charge in [0, 0.05) is 13.2 Å². The monoisotopic (exact) mass is 219 g/mol. The summed E-state index contributed by atoms with van der Waals surface area (Å²) >= 11 is 0. The lowest BCUT2D eigenvalue weighted by Crippen LogP contribution is -2.10. The van der Waals surface area contributed by atoms with E-state index in [1.165, 1.54) is 0 Å². The Morgan fingerprint density at radius 2 is 2.31 bits per heavy atom. The summed E-state index contributed by atoms with van der Waals surface area (Å²) in [6.07, 6.45) is 3.93. The SMILES string of the molecule is CCCCOCCNc1ccc(C#N)nc1. The molecule has 0 saturated carbocycles. The molecule has 1 rings (SSSR count). The molecule has 0 saturated heterocycles. The smallest absolute Gasteiger partial charge is 0.140 e. The van der Waals surface area contributed by atoms with Crippen molar-refractivity contribution >= 4 is 5.69 Å². The Balaban J connectivity index is 2.15. The predicted octanol–water partition coefficient (Wildman–Crippen LogP) is 2.18. The fourth-order valence-corrected chi connectivity index (χ4v) is 1.18. The maximum absolute atomic E-state index is 8.57. The molecule has 1 heterocycles. The van der Waals surface area contributed by atoms with Gasteiger partial charge >= 0.3 is 0 Å². The molecule has 0 bridgehead atoms. The van der Waals surface area contributed by atoms with Crippen molar-refractivity contribution in [1.29, 1.82) is 5.26 Å². The number of nitrogens with one attached hydrogen (secondary N) is 1. The summed E-state index contributed by atoms with van der Waals surface area (Å²) < 4.78 is 5.41. The Morgan fingerprint density at radius 3 is 2.94 bits per heavy atom. The van der Waals surface area contributed by atoms with Crippen molar-refractivity contribution < 1.29 is 4.74 Å². The summed E-state index contributed by atoms with van der Waals surface area (Å²) in [6.45, 7) is 4.42. The highest BCUT2D eigenvalue weighted by Crippen LogP contribution is 2.04. The molecule has 0 unspecified atom stereocenters. The van der Waals surface area contributed by atoms with Crippen LogP contribution in [0.5, 0.6) is 0 Å². The Labute approximate surface area is 96.3 Å². The molecule has 0 fully saturated rings. The molecule has 0 atom stereocenters. The van der Waals surface area contributed by atoms with E-state index in [1.54, 1.807) is 12.3 Å². The second-order valence-corrected chi connectivity index (χ2v) is 3.44. The van der Waals surface area contributed by atoms with E-state index in [4.69, 9.17) is 10.00 Å². The predicted molar refractivity (Wildman–Crippen MR) is 63.2 cm³/mol. The molecule has 1 N–H and O–H groups in total. The van der Waals surface area contributed by atoms with Crippen LogP contribution >= 0.6 is 0 Å². The van der Waals surface area contributed by atoms with Gasteiger partial charge in [-0.25, -0.2) is 4.98 Å². The Hall–Kier alpha value is -1.60. The largest absolute Gasteiger partial charge is 0.381 e. The first-order chi connectivity index (χ1) is 7.86. The quantitative estimate of drug-likeness (QED) is 0.714. The number of nitrogens with zero attached hydrogens (tertiary/aromatic N) is 2. The van der Waals surface area contributed by atoms with E-state index < -0.39 is 0 Å². The summed E-state index contributed by atoms with van der Waals surface area (Å²) in [4.78, 5) is 3.96. The van der Waals surface area contributed by atoms with Crippen molar-refractivity contribution in [2.75, 3.05) is 25.1 Å². The summed E-state index contributed by atoms with van der Waals surface area (Å²) in [5.74, 6) is 0. The number of aromatic nitrogens is 1. The number of hydrogen-bond donors (Lipinski definition) is 1. The number of pyridine rings is 1. The van der Waals surface area contributed by atoms with Crippen molar-refractivity contribution in [1.82, 2.24) is 4.98 Å². The van der Waals surface area contributed by atoms with Gasteiger partial charge < -0.3 is 10.1 Å². The summed E-state index contributed by atoms with van der Waals surface area (Å²) in [7, 11) is 0. The summed E-state index contributed by atoms with van der Waals surface area (Å²) in [5, 5.41) is 11.7. The van der Waals surface area contributed by atoms with Gasteiger partial charge in [0.05, 0.1) is 18.5 Å². The van der Waals surface area contributed by atoms with Crippen molar-refractivity contribution in [3.8, 4) is 6.07 Å². The fraction of sp³-hybridized carbons (Fsp3) is 0.500. The molecule has 86 valence electrons. The molecule has 0 amide bonds. The van der Waals surface area contributed by atoms with Gasteiger partial charge in [-0.1, -0.05) is 13.3 Å². The highest BCUT2D eigenvalue weighted by atomic mass is 16.5. The Kier molecular flexibility index (Phi) is 5.97. The van der Waals surface area contributed by atoms with E-state index in [0.29, 0.717) is 12.3 Å². The fourth-order valence-electron chi connectivity index (χ4n) is 1.18. The minimum atomic E-state index is 0.435. The van der Waals surface area contributed by atoms with Gasteiger partial charge in [-0.3, -0.25) is 0 Å². The lowest BCUT2D eigenvalue weighted by molar-refractivity contribution is 0.141. The van der Waals surface area contributed by atoms with Gasteiger partial charge in [0.25, 0.3) is 0 Å². The van der Waals surface area contributed by atoms with Gasteiger partial charge in [-0.2, -0.15) is 5.26 Å². The van der Waals surface area contributed by atoms with Crippen LogP contribution in [-0.4, -0.2) is 24.7 Å². The minimum Gasteiger partial charge on any atom is -0.381 e. The number of unbranched alkanes of at least 4 members (excludes halogenated alkanes) is 1. The van der Waals surface area contributed by atoms with Crippen molar-refractivity contribution in [2.45, 2.75) is 19.8 Å². The first-order valence-corrected chi connectivity index (χ1v) is 5.54. The Morgan fingerprint density at radius 1 is 1.44 bits per heavy atom. The van der Waals surface area contributed by atoms with Gasteiger partial charge in [0.1, 0.15) is 11.8 Å². The minimum absolute atomic E-state index is 0.435. The van der Waals surface area contributed by atoms with Crippen LogP contribution in [0.15, 0.2) is 18.3 Å². The molecular formula is C12H17N3O. The third kappa shape index (κ3) is 4.76. The Bertz CT molecular complexity index is 329. The van der Waals surface area contributed by atoms with Crippen molar-refractivity contribution in [3.63, 3.8) is 0 Å². The average Bonchev–Trinajstić information content (AvgIpc) is 2.34. The maximum atomic E-state index is 8.57. The molecule has 4 nitrogen and oxygen atoms in total. The van der Waals surface area contributed by atoms with Gasteiger partial charge in [0.2, 0.25) is 0 Å². The van der Waals surface area contributed by atoms with Crippen molar-refractivity contribution in [3.05, 3.63) is 24.0 Å². The number of nitriles is 1. The van der Waals surface area contributed by atoms with Crippen LogP contribution in [0, 0.1) is 11.3 Å². The number of ether oxygens (including phenoxy) is 1. The molecule has 4 heteroatoms. The normalized spacial score (nSPS) is 9.75. The third-order valence-electron chi connectivity index (χ3n) is 2.10. The summed E-state index contributed by atoms with van der Waals surface area (Å²) in [6, 6.07) is 5.52. The highest BCUT2D eigenvalue weighted by Gasteiger charge is 1.94. The lowest BCUT2D eigenvalue weighted by Gasteiger charge is -2.06. The standard InChI is InChI=1S/C12H17N3O/c1-2-3-7-16-8-6-14-12-5-4-11(9-13)15-10-12/h4-5,10,14H,2-3,6-8H2,1H3. The van der Waals surface area contributed by atoms with Crippen LogP contribution in [0.25, 0.3) is 0 Å². The van der Waals surface area contributed by atoms with E-state index in [1.807, 2.05) is 12.1 Å². The molecule has 0 aliphatic rings. The first kappa shape index (κ1) is 12.5. The second kappa shape index (κ2) is 7.66. The zero-order valence-corrected chi connectivity index (χ0v) is 9.57.